The fraction of sp³-hybridized carbons (Fsp3) is 0.0714. The van der Waals surface area contributed by atoms with Crippen molar-refractivity contribution in [2.24, 2.45) is 0 Å². The minimum absolute atomic E-state index is 0.339. The first-order chi connectivity index (χ1) is 9.63. The highest BCUT2D eigenvalue weighted by Gasteiger charge is 2.09. The number of hydrogen-bond acceptors (Lipinski definition) is 3. The number of nitrogen functional groups attached to an aromatic ring is 1. The molecule has 0 spiro atoms. The molecule has 2 N–H and O–H groups in total. The van der Waals surface area contributed by atoms with Gasteiger partial charge in [-0.3, -0.25) is 0 Å². The van der Waals surface area contributed by atoms with Crippen molar-refractivity contribution < 1.29 is 4.74 Å². The molecule has 3 aromatic rings. The summed E-state index contributed by atoms with van der Waals surface area (Å²) < 4.78 is 8.40. The fourth-order valence-electron chi connectivity index (χ4n) is 1.94. The average Bonchev–Trinajstić information content (AvgIpc) is 2.80. The van der Waals surface area contributed by atoms with Gasteiger partial charge in [0.2, 0.25) is 0 Å². The summed E-state index contributed by atoms with van der Waals surface area (Å²) in [5.74, 6) is 0.575. The monoisotopic (exact) mass is 351 g/mol. The molecule has 4 nitrogen and oxygen atoms in total. The van der Waals surface area contributed by atoms with Crippen molar-refractivity contribution in [2.45, 2.75) is 6.61 Å². The van der Waals surface area contributed by atoms with E-state index < -0.39 is 0 Å². The van der Waals surface area contributed by atoms with Gasteiger partial charge < -0.3 is 14.9 Å². The number of benzene rings is 1. The lowest BCUT2D eigenvalue weighted by Gasteiger charge is -2.10. The van der Waals surface area contributed by atoms with Crippen molar-refractivity contribution in [2.75, 3.05) is 5.73 Å². The van der Waals surface area contributed by atoms with E-state index in [2.05, 4.69) is 20.9 Å². The summed E-state index contributed by atoms with van der Waals surface area (Å²) >= 11 is 9.30. The Balaban J connectivity index is 1.83. The fourth-order valence-corrected chi connectivity index (χ4v) is 2.88. The van der Waals surface area contributed by atoms with E-state index in [0.29, 0.717) is 23.1 Å². The lowest BCUT2D eigenvalue weighted by atomic mass is 10.3. The number of nitrogens with zero attached hydrogens (tertiary/aromatic N) is 2. The molecule has 0 aliphatic carbocycles. The standard InChI is InChI=1S/C14H11BrClN3O/c15-11-5-9(16)6-12(17)14(11)20-8-10-7-19-4-2-1-3-13(19)18-10/h1-7H,8,17H2. The molecule has 20 heavy (non-hydrogen) atoms. The predicted octanol–water partition coefficient (Wildman–Crippen LogP) is 3.91. The van der Waals surface area contributed by atoms with E-state index in [1.54, 1.807) is 12.1 Å². The van der Waals surface area contributed by atoms with Gasteiger partial charge in [0.1, 0.15) is 12.3 Å². The van der Waals surface area contributed by atoms with Crippen molar-refractivity contribution in [3.05, 3.63) is 57.9 Å². The summed E-state index contributed by atoms with van der Waals surface area (Å²) in [6.45, 7) is 0.339. The zero-order valence-corrected chi connectivity index (χ0v) is 12.7. The maximum atomic E-state index is 5.91. The molecule has 0 amide bonds. The minimum atomic E-state index is 0.339. The topological polar surface area (TPSA) is 52.5 Å². The lowest BCUT2D eigenvalue weighted by Crippen LogP contribution is -2.00. The number of fused-ring (bicyclic) bond motifs is 1. The number of rotatable bonds is 3. The van der Waals surface area contributed by atoms with Crippen LogP contribution in [0.5, 0.6) is 5.75 Å². The molecule has 0 aliphatic heterocycles. The molecule has 2 heterocycles. The molecule has 3 rings (SSSR count). The van der Waals surface area contributed by atoms with E-state index in [9.17, 15) is 0 Å². The Bertz CT molecular complexity index is 716. The van der Waals surface area contributed by atoms with E-state index in [-0.39, 0.29) is 0 Å². The quantitative estimate of drug-likeness (QED) is 0.727. The summed E-state index contributed by atoms with van der Waals surface area (Å²) in [4.78, 5) is 4.46. The van der Waals surface area contributed by atoms with Crippen molar-refractivity contribution in [1.29, 1.82) is 0 Å². The normalized spacial score (nSPS) is 10.9. The lowest BCUT2D eigenvalue weighted by molar-refractivity contribution is 0.302. The van der Waals surface area contributed by atoms with Crippen molar-refractivity contribution in [3.8, 4) is 5.75 Å². The first-order valence-electron chi connectivity index (χ1n) is 5.93. The molecule has 0 atom stereocenters. The smallest absolute Gasteiger partial charge is 0.157 e. The van der Waals surface area contributed by atoms with Crippen molar-refractivity contribution in [3.63, 3.8) is 0 Å². The maximum Gasteiger partial charge on any atom is 0.157 e. The van der Waals surface area contributed by atoms with Gasteiger partial charge in [-0.05, 0) is 40.2 Å². The van der Waals surface area contributed by atoms with Crippen LogP contribution in [0.2, 0.25) is 5.02 Å². The van der Waals surface area contributed by atoms with Gasteiger partial charge in [0.05, 0.1) is 15.9 Å². The average molecular weight is 353 g/mol. The number of ether oxygens (including phenoxy) is 1. The van der Waals surface area contributed by atoms with Gasteiger partial charge in [0.25, 0.3) is 0 Å². The van der Waals surface area contributed by atoms with Gasteiger partial charge in [-0.25, -0.2) is 4.98 Å². The third kappa shape index (κ3) is 2.59. The molecule has 2 aromatic heterocycles. The van der Waals surface area contributed by atoms with Crippen LogP contribution in [0, 0.1) is 0 Å². The summed E-state index contributed by atoms with van der Waals surface area (Å²) in [5, 5.41) is 0.564. The Hall–Kier alpha value is -1.72. The van der Waals surface area contributed by atoms with Crippen molar-refractivity contribution >= 4 is 38.9 Å². The second kappa shape index (κ2) is 5.34. The first kappa shape index (κ1) is 13.3. The molecular formula is C14H11BrClN3O. The number of pyridine rings is 1. The van der Waals surface area contributed by atoms with E-state index in [1.807, 2.05) is 35.0 Å². The van der Waals surface area contributed by atoms with Crippen LogP contribution >= 0.6 is 27.5 Å². The number of anilines is 1. The number of halogens is 2. The highest BCUT2D eigenvalue weighted by atomic mass is 79.9. The Labute approximate surface area is 129 Å². The highest BCUT2D eigenvalue weighted by molar-refractivity contribution is 9.10. The van der Waals surface area contributed by atoms with Crippen LogP contribution in [-0.2, 0) is 6.61 Å². The Kier molecular flexibility index (Phi) is 3.54. The van der Waals surface area contributed by atoms with Crippen LogP contribution in [0.1, 0.15) is 5.69 Å². The molecule has 0 radical (unpaired) electrons. The van der Waals surface area contributed by atoms with Crippen LogP contribution in [0.25, 0.3) is 5.65 Å². The van der Waals surface area contributed by atoms with Gasteiger partial charge in [0.15, 0.2) is 5.75 Å². The predicted molar refractivity (Wildman–Crippen MR) is 83.1 cm³/mol. The molecule has 102 valence electrons. The Morgan fingerprint density at radius 2 is 2.20 bits per heavy atom. The molecule has 6 heteroatoms. The van der Waals surface area contributed by atoms with Crippen molar-refractivity contribution in [1.82, 2.24) is 9.38 Å². The van der Waals surface area contributed by atoms with Gasteiger partial charge >= 0.3 is 0 Å². The number of aromatic nitrogens is 2. The van der Waals surface area contributed by atoms with Crippen LogP contribution < -0.4 is 10.5 Å². The molecule has 0 saturated heterocycles. The van der Waals surface area contributed by atoms with E-state index in [1.165, 1.54) is 0 Å². The molecule has 0 bridgehead atoms. The molecule has 0 saturated carbocycles. The molecule has 0 fully saturated rings. The van der Waals surface area contributed by atoms with E-state index >= 15 is 0 Å². The van der Waals surface area contributed by atoms with Gasteiger partial charge in [-0.1, -0.05) is 17.7 Å². The SMILES string of the molecule is Nc1cc(Cl)cc(Br)c1OCc1cn2ccccc2n1. The van der Waals surface area contributed by atoms with Gasteiger partial charge in [-0.15, -0.1) is 0 Å². The number of nitrogens with two attached hydrogens (primary N) is 1. The van der Waals surface area contributed by atoms with Crippen LogP contribution in [0.15, 0.2) is 47.2 Å². The first-order valence-corrected chi connectivity index (χ1v) is 7.10. The van der Waals surface area contributed by atoms with Crippen LogP contribution in [0.4, 0.5) is 5.69 Å². The zero-order chi connectivity index (χ0) is 14.1. The largest absolute Gasteiger partial charge is 0.484 e. The van der Waals surface area contributed by atoms with E-state index in [0.717, 1.165) is 15.8 Å². The van der Waals surface area contributed by atoms with Gasteiger partial charge in [0, 0.05) is 17.4 Å². The number of hydrogen-bond donors (Lipinski definition) is 1. The molecule has 0 aliphatic rings. The number of imidazole rings is 1. The van der Waals surface area contributed by atoms with Crippen LogP contribution in [0.3, 0.4) is 0 Å². The van der Waals surface area contributed by atoms with Crippen LogP contribution in [-0.4, -0.2) is 9.38 Å². The summed E-state index contributed by atoms with van der Waals surface area (Å²) in [5.41, 5.74) is 8.10. The second-order valence-corrected chi connectivity index (χ2v) is 5.58. The minimum Gasteiger partial charge on any atom is -0.484 e. The van der Waals surface area contributed by atoms with Gasteiger partial charge in [-0.2, -0.15) is 0 Å². The Morgan fingerprint density at radius 3 is 2.95 bits per heavy atom. The zero-order valence-electron chi connectivity index (χ0n) is 10.4. The maximum absolute atomic E-state index is 5.91. The summed E-state index contributed by atoms with van der Waals surface area (Å²) in [7, 11) is 0. The molecule has 0 unspecified atom stereocenters. The Morgan fingerprint density at radius 1 is 1.35 bits per heavy atom. The third-order valence-corrected chi connectivity index (χ3v) is 3.62. The summed E-state index contributed by atoms with van der Waals surface area (Å²) in [6.07, 6.45) is 3.87. The highest BCUT2D eigenvalue weighted by Crippen LogP contribution is 2.35. The second-order valence-electron chi connectivity index (χ2n) is 4.29. The third-order valence-electron chi connectivity index (χ3n) is 2.82. The molecular weight excluding hydrogens is 342 g/mol. The summed E-state index contributed by atoms with van der Waals surface area (Å²) in [6, 6.07) is 9.24. The molecule has 1 aromatic carbocycles. The van der Waals surface area contributed by atoms with E-state index in [4.69, 9.17) is 22.1 Å².